The molecule has 0 aliphatic carbocycles. The van der Waals surface area contributed by atoms with Crippen LogP contribution in [0, 0.1) is 12.7 Å². The molecule has 0 saturated heterocycles. The molecule has 0 bridgehead atoms. The van der Waals surface area contributed by atoms with Crippen LogP contribution in [0.4, 0.5) is 4.39 Å². The zero-order chi connectivity index (χ0) is 11.7. The van der Waals surface area contributed by atoms with Crippen molar-refractivity contribution in [1.82, 2.24) is 4.98 Å². The first-order valence-corrected chi connectivity index (χ1v) is 5.35. The fraction of sp³-hybridized carbons (Fsp3) is 0.0909. The fourth-order valence-electron chi connectivity index (χ4n) is 1.36. The SMILES string of the molecule is Cc1cc(F)ccc1-c1ncc(C(=O)O)s1. The van der Waals surface area contributed by atoms with Gasteiger partial charge in [-0.2, -0.15) is 0 Å². The Morgan fingerprint density at radius 3 is 2.81 bits per heavy atom. The molecule has 0 fully saturated rings. The minimum absolute atomic E-state index is 0.179. The van der Waals surface area contributed by atoms with E-state index < -0.39 is 5.97 Å². The minimum Gasteiger partial charge on any atom is -0.477 e. The number of aromatic carboxylic acids is 1. The number of carboxylic acid groups (broad SMARTS) is 1. The van der Waals surface area contributed by atoms with Crippen molar-refractivity contribution in [2.45, 2.75) is 6.92 Å². The Hall–Kier alpha value is -1.75. The van der Waals surface area contributed by atoms with Crippen molar-refractivity contribution in [1.29, 1.82) is 0 Å². The van der Waals surface area contributed by atoms with E-state index in [9.17, 15) is 9.18 Å². The monoisotopic (exact) mass is 237 g/mol. The molecule has 2 rings (SSSR count). The summed E-state index contributed by atoms with van der Waals surface area (Å²) in [4.78, 5) is 14.9. The third-order valence-electron chi connectivity index (χ3n) is 2.14. The van der Waals surface area contributed by atoms with E-state index >= 15 is 0 Å². The summed E-state index contributed by atoms with van der Waals surface area (Å²) in [5.74, 6) is -1.31. The standard InChI is InChI=1S/C11H8FNO2S/c1-6-4-7(12)2-3-8(6)10-13-5-9(16-10)11(14)15/h2-5H,1H3,(H,14,15). The number of hydrogen-bond donors (Lipinski definition) is 1. The van der Waals surface area contributed by atoms with Crippen LogP contribution in [0.2, 0.25) is 0 Å². The predicted octanol–water partition coefficient (Wildman–Crippen LogP) is 2.96. The Morgan fingerprint density at radius 2 is 2.25 bits per heavy atom. The van der Waals surface area contributed by atoms with Crippen LogP contribution >= 0.6 is 11.3 Å². The van der Waals surface area contributed by atoms with Crippen LogP contribution in [-0.2, 0) is 0 Å². The van der Waals surface area contributed by atoms with Gasteiger partial charge >= 0.3 is 5.97 Å². The van der Waals surface area contributed by atoms with Gasteiger partial charge in [0, 0.05) is 5.56 Å². The average Bonchev–Trinajstić information content (AvgIpc) is 2.66. The number of nitrogens with zero attached hydrogens (tertiary/aromatic N) is 1. The molecular formula is C11H8FNO2S. The van der Waals surface area contributed by atoms with Crippen LogP contribution in [-0.4, -0.2) is 16.1 Å². The van der Waals surface area contributed by atoms with Gasteiger partial charge in [0.05, 0.1) is 6.20 Å². The summed E-state index contributed by atoms with van der Waals surface area (Å²) in [6.07, 6.45) is 1.31. The number of rotatable bonds is 2. The van der Waals surface area contributed by atoms with Gasteiger partial charge in [0.1, 0.15) is 15.7 Å². The van der Waals surface area contributed by atoms with Gasteiger partial charge in [-0.05, 0) is 30.7 Å². The molecule has 0 amide bonds. The van der Waals surface area contributed by atoms with Crippen molar-refractivity contribution in [3.05, 3.63) is 40.7 Å². The maximum absolute atomic E-state index is 12.9. The molecule has 1 heterocycles. The molecule has 0 aliphatic heterocycles. The highest BCUT2D eigenvalue weighted by molar-refractivity contribution is 7.16. The summed E-state index contributed by atoms with van der Waals surface area (Å²) in [5, 5.41) is 9.36. The van der Waals surface area contributed by atoms with Crippen LogP contribution < -0.4 is 0 Å². The van der Waals surface area contributed by atoms with E-state index in [0.29, 0.717) is 5.01 Å². The lowest BCUT2D eigenvalue weighted by atomic mass is 10.1. The number of thiazole rings is 1. The number of benzene rings is 1. The summed E-state index contributed by atoms with van der Waals surface area (Å²) in [5.41, 5.74) is 1.50. The molecule has 5 heteroatoms. The van der Waals surface area contributed by atoms with Gasteiger partial charge in [0.25, 0.3) is 0 Å². The second kappa shape index (κ2) is 4.02. The molecule has 0 unspecified atom stereocenters. The van der Waals surface area contributed by atoms with E-state index in [0.717, 1.165) is 22.5 Å². The van der Waals surface area contributed by atoms with E-state index in [1.54, 1.807) is 13.0 Å². The molecule has 0 spiro atoms. The molecule has 1 N–H and O–H groups in total. The molecular weight excluding hydrogens is 229 g/mol. The molecule has 0 aliphatic rings. The molecule has 2 aromatic rings. The largest absolute Gasteiger partial charge is 0.477 e. The number of aryl methyl sites for hydroxylation is 1. The first-order chi connectivity index (χ1) is 7.58. The lowest BCUT2D eigenvalue weighted by Gasteiger charge is -2.01. The van der Waals surface area contributed by atoms with Gasteiger partial charge in [-0.15, -0.1) is 11.3 Å². The van der Waals surface area contributed by atoms with Gasteiger partial charge in [0.2, 0.25) is 0 Å². The fourth-order valence-corrected chi connectivity index (χ4v) is 2.21. The van der Waals surface area contributed by atoms with Crippen LogP contribution in [0.15, 0.2) is 24.4 Å². The lowest BCUT2D eigenvalue weighted by Crippen LogP contribution is -1.89. The van der Waals surface area contributed by atoms with Gasteiger partial charge in [-0.25, -0.2) is 14.2 Å². The van der Waals surface area contributed by atoms with Gasteiger partial charge in [-0.3, -0.25) is 0 Å². The Bertz CT molecular complexity index is 551. The summed E-state index contributed by atoms with van der Waals surface area (Å²) >= 11 is 1.08. The van der Waals surface area contributed by atoms with E-state index in [2.05, 4.69) is 4.98 Å². The number of aromatic nitrogens is 1. The van der Waals surface area contributed by atoms with Crippen molar-refractivity contribution in [2.24, 2.45) is 0 Å². The Balaban J connectivity index is 2.46. The lowest BCUT2D eigenvalue weighted by molar-refractivity contribution is 0.0702. The van der Waals surface area contributed by atoms with Crippen molar-refractivity contribution < 1.29 is 14.3 Å². The minimum atomic E-state index is -0.997. The molecule has 1 aromatic carbocycles. The Kier molecular flexibility index (Phi) is 2.70. The van der Waals surface area contributed by atoms with E-state index in [4.69, 9.17) is 5.11 Å². The predicted molar refractivity (Wildman–Crippen MR) is 59.2 cm³/mol. The highest BCUT2D eigenvalue weighted by Crippen LogP contribution is 2.28. The highest BCUT2D eigenvalue weighted by atomic mass is 32.1. The maximum atomic E-state index is 12.9. The topological polar surface area (TPSA) is 50.2 Å². The van der Waals surface area contributed by atoms with Crippen molar-refractivity contribution in [3.8, 4) is 10.6 Å². The smallest absolute Gasteiger partial charge is 0.347 e. The molecule has 0 saturated carbocycles. The van der Waals surface area contributed by atoms with Crippen molar-refractivity contribution in [3.63, 3.8) is 0 Å². The van der Waals surface area contributed by atoms with Crippen molar-refractivity contribution in [2.75, 3.05) is 0 Å². The summed E-state index contributed by atoms with van der Waals surface area (Å²) in [7, 11) is 0. The molecule has 0 radical (unpaired) electrons. The molecule has 82 valence electrons. The third kappa shape index (κ3) is 1.94. The maximum Gasteiger partial charge on any atom is 0.347 e. The van der Waals surface area contributed by atoms with Crippen molar-refractivity contribution >= 4 is 17.3 Å². The molecule has 0 atom stereocenters. The molecule has 3 nitrogen and oxygen atoms in total. The Labute approximate surface area is 95.2 Å². The van der Waals surface area contributed by atoms with Gasteiger partial charge in [-0.1, -0.05) is 0 Å². The second-order valence-electron chi connectivity index (χ2n) is 3.29. The van der Waals surface area contributed by atoms with E-state index in [-0.39, 0.29) is 10.7 Å². The first kappa shape index (κ1) is 10.8. The quantitative estimate of drug-likeness (QED) is 0.873. The summed E-state index contributed by atoms with van der Waals surface area (Å²) in [6.45, 7) is 1.76. The van der Waals surface area contributed by atoms with Gasteiger partial charge in [0.15, 0.2) is 0 Å². The zero-order valence-electron chi connectivity index (χ0n) is 8.40. The number of hydrogen-bond acceptors (Lipinski definition) is 3. The number of halogens is 1. The van der Waals surface area contributed by atoms with E-state index in [1.807, 2.05) is 0 Å². The number of carbonyl (C=O) groups is 1. The third-order valence-corrected chi connectivity index (χ3v) is 3.15. The number of carboxylic acids is 1. The molecule has 1 aromatic heterocycles. The first-order valence-electron chi connectivity index (χ1n) is 4.53. The summed E-state index contributed by atoms with van der Waals surface area (Å²) < 4.78 is 12.9. The normalized spacial score (nSPS) is 10.4. The van der Waals surface area contributed by atoms with Gasteiger partial charge < -0.3 is 5.11 Å². The van der Waals surface area contributed by atoms with Crippen LogP contribution in [0.5, 0.6) is 0 Å². The Morgan fingerprint density at radius 1 is 1.50 bits per heavy atom. The van der Waals surface area contributed by atoms with Crippen LogP contribution in [0.3, 0.4) is 0 Å². The van der Waals surface area contributed by atoms with Crippen LogP contribution in [0.1, 0.15) is 15.2 Å². The van der Waals surface area contributed by atoms with Crippen LogP contribution in [0.25, 0.3) is 10.6 Å². The van der Waals surface area contributed by atoms with E-state index in [1.165, 1.54) is 18.3 Å². The average molecular weight is 237 g/mol. The zero-order valence-corrected chi connectivity index (χ0v) is 9.21. The summed E-state index contributed by atoms with van der Waals surface area (Å²) in [6, 6.07) is 4.34. The second-order valence-corrected chi connectivity index (χ2v) is 4.32. The highest BCUT2D eigenvalue weighted by Gasteiger charge is 2.11. The molecule has 16 heavy (non-hydrogen) atoms.